The first kappa shape index (κ1) is 54.6. The zero-order chi connectivity index (χ0) is 59.2. The van der Waals surface area contributed by atoms with Crippen molar-refractivity contribution in [3.05, 3.63) is 177 Å². The van der Waals surface area contributed by atoms with Gasteiger partial charge in [-0.15, -0.1) is 0 Å². The molecule has 3 N–H and O–H groups in total. The minimum atomic E-state index is -1.52. The van der Waals surface area contributed by atoms with Crippen molar-refractivity contribution in [3.63, 3.8) is 0 Å². The van der Waals surface area contributed by atoms with Gasteiger partial charge in [0.15, 0.2) is 0 Å². The average Bonchev–Trinajstić information content (AvgIpc) is 3.30. The Bertz CT molecular complexity index is 3890. The van der Waals surface area contributed by atoms with Crippen molar-refractivity contribution in [1.29, 1.82) is 0 Å². The number of hydrogen-bond donors (Lipinski definition) is 3. The molecule has 85 heavy (non-hydrogen) atoms. The maximum Gasteiger partial charge on any atom is 0.331 e. The number of anilines is 2. The molecule has 6 heterocycles. The standard InChI is InChI=1S/C65H60F4N8O8/c1-60(34-72-64(15-4-5-16-64)58(82)76(60)32-51(78)84-45-12-10-36-27-62(29-39(36)20-45)47-8-6-18-70-54(47)73-56(62)80)42-24-49(68)53(50(69)25-42)38-14-17-65(31-38)59(83)77(61(2,35-75(65)3)41-22-43(66)26-44(67)23-41)33-52(79)85-46-13-11-37-28-63(30-40(37)21-46)48-9-7-19-71-55(48)74-57(63)81/h6-13,18-26,38,72H,4-5,14-17,27-35H2,1-3H3,(H,70,73,80)(H,71,74,81)/t38?,60-,61-,62+,63+,65?/m0/s1. The normalized spacial score (nSPS) is 27.9. The lowest BCUT2D eigenvalue weighted by Gasteiger charge is -2.55. The first-order valence-electron chi connectivity index (χ1n) is 28.9. The molecule has 2 unspecified atom stereocenters. The van der Waals surface area contributed by atoms with E-state index >= 15 is 22.4 Å². The molecule has 6 aromatic rings. The van der Waals surface area contributed by atoms with Gasteiger partial charge in [0, 0.05) is 48.2 Å². The van der Waals surface area contributed by atoms with Gasteiger partial charge in [0.1, 0.15) is 65.0 Å². The van der Waals surface area contributed by atoms with Crippen LogP contribution in [0.25, 0.3) is 0 Å². The zero-order valence-electron chi connectivity index (χ0n) is 47.0. The van der Waals surface area contributed by atoms with Crippen LogP contribution in [-0.4, -0.2) is 105 Å². The Hall–Kier alpha value is -8.36. The van der Waals surface area contributed by atoms with Gasteiger partial charge in [0.2, 0.25) is 23.6 Å². The molecular formula is C65H60F4N8O8. The summed E-state index contributed by atoms with van der Waals surface area (Å²) in [6, 6.07) is 22.9. The van der Waals surface area contributed by atoms with Crippen molar-refractivity contribution in [1.82, 2.24) is 30.0 Å². The molecule has 2 saturated carbocycles. The Kier molecular flexibility index (Phi) is 12.4. The SMILES string of the molecule is CN1C[C@@](C)(c2cc(F)cc(F)c2)N(CC(=O)Oc2ccc3c(c2)C[C@@]2(C3)C(=O)Nc3ncccc32)C(=O)C12CCC(c1c(F)cc([C@]3(C)CNC4(CCCC4)C(=O)N3CC(=O)Oc3ccc4c(c3)C[C@@]3(C4)C(=O)Nc4ncccc43)cc1F)C2. The highest BCUT2D eigenvalue weighted by Gasteiger charge is 2.61. The second kappa shape index (κ2) is 19.3. The number of likely N-dealkylation sites (N-methyl/N-ethyl adjacent to an activating group) is 1. The lowest BCUT2D eigenvalue weighted by Crippen LogP contribution is -2.71. The predicted octanol–water partition coefficient (Wildman–Crippen LogP) is 7.88. The number of esters is 2. The van der Waals surface area contributed by atoms with Gasteiger partial charge in [-0.2, -0.15) is 0 Å². The van der Waals surface area contributed by atoms with E-state index in [4.69, 9.17) is 9.47 Å². The van der Waals surface area contributed by atoms with E-state index < -0.39 is 99.0 Å². The Morgan fingerprint density at radius 3 is 1.67 bits per heavy atom. The number of aromatic nitrogens is 2. The first-order valence-corrected chi connectivity index (χ1v) is 28.9. The zero-order valence-corrected chi connectivity index (χ0v) is 47.0. The fraction of sp³-hybridized carbons (Fsp3) is 0.385. The van der Waals surface area contributed by atoms with Crippen LogP contribution in [0.5, 0.6) is 11.5 Å². The molecule has 4 aliphatic carbocycles. The molecule has 2 saturated heterocycles. The van der Waals surface area contributed by atoms with Crippen molar-refractivity contribution in [2.45, 2.75) is 123 Å². The number of nitrogens with zero attached hydrogens (tertiary/aromatic N) is 5. The van der Waals surface area contributed by atoms with Gasteiger partial charge in [0.05, 0.1) is 27.4 Å². The molecule has 2 aromatic heterocycles. The third-order valence-corrected chi connectivity index (χ3v) is 20.4. The lowest BCUT2D eigenvalue weighted by molar-refractivity contribution is -0.168. The smallest absolute Gasteiger partial charge is 0.331 e. The maximum atomic E-state index is 17.2. The number of carbonyl (C=O) groups excluding carboxylic acids is 6. The van der Waals surface area contributed by atoms with E-state index in [1.807, 2.05) is 18.2 Å². The third kappa shape index (κ3) is 8.35. The summed E-state index contributed by atoms with van der Waals surface area (Å²) in [5, 5.41) is 9.20. The second-order valence-corrected chi connectivity index (χ2v) is 25.2. The molecule has 0 bridgehead atoms. The number of carbonyl (C=O) groups is 6. The summed E-state index contributed by atoms with van der Waals surface area (Å²) in [6.45, 7) is 2.08. The molecule has 0 radical (unpaired) electrons. The van der Waals surface area contributed by atoms with Crippen LogP contribution in [0.4, 0.5) is 29.2 Å². The van der Waals surface area contributed by atoms with Crippen LogP contribution < -0.4 is 25.4 Å². The van der Waals surface area contributed by atoms with E-state index in [2.05, 4.69) is 25.9 Å². The average molecular weight is 1160 g/mol. The Balaban J connectivity index is 0.714. The van der Waals surface area contributed by atoms with Gasteiger partial charge < -0.3 is 35.2 Å². The van der Waals surface area contributed by atoms with Gasteiger partial charge in [0.25, 0.3) is 0 Å². The van der Waals surface area contributed by atoms with Crippen molar-refractivity contribution >= 4 is 47.2 Å². The van der Waals surface area contributed by atoms with Crippen LogP contribution >= 0.6 is 0 Å². The lowest BCUT2D eigenvalue weighted by atomic mass is 9.78. The number of ether oxygens (including phenoxy) is 2. The summed E-state index contributed by atoms with van der Waals surface area (Å²) >= 11 is 0. The van der Waals surface area contributed by atoms with Gasteiger partial charge in [-0.3, -0.25) is 24.1 Å². The molecule has 4 spiro atoms. The van der Waals surface area contributed by atoms with Gasteiger partial charge in [-0.05, 0) is 179 Å². The highest BCUT2D eigenvalue weighted by Crippen LogP contribution is 2.53. The minimum absolute atomic E-state index is 0.0389. The fourth-order valence-corrected chi connectivity index (χ4v) is 15.9. The number of benzene rings is 4. The summed E-state index contributed by atoms with van der Waals surface area (Å²) < 4.78 is 76.5. The highest BCUT2D eigenvalue weighted by atomic mass is 19.1. The van der Waals surface area contributed by atoms with E-state index in [1.54, 1.807) is 80.7 Å². The molecule has 8 aliphatic rings. The molecule has 436 valence electrons. The first-order chi connectivity index (χ1) is 40.7. The summed E-state index contributed by atoms with van der Waals surface area (Å²) in [6.07, 6.45) is 7.47. The summed E-state index contributed by atoms with van der Waals surface area (Å²) in [5.74, 6) is -6.03. The molecule has 16 nitrogen and oxygen atoms in total. The van der Waals surface area contributed by atoms with Gasteiger partial charge in [-0.25, -0.2) is 37.1 Å². The van der Waals surface area contributed by atoms with E-state index in [-0.39, 0.29) is 72.4 Å². The number of fused-ring (bicyclic) bond motifs is 6. The van der Waals surface area contributed by atoms with Crippen molar-refractivity contribution in [2.75, 3.05) is 43.9 Å². The van der Waals surface area contributed by atoms with E-state index in [0.717, 1.165) is 58.4 Å². The Morgan fingerprint density at radius 2 is 1.13 bits per heavy atom. The number of halogens is 4. The van der Waals surface area contributed by atoms with Crippen molar-refractivity contribution < 1.29 is 55.8 Å². The minimum Gasteiger partial charge on any atom is -0.425 e. The predicted molar refractivity (Wildman–Crippen MR) is 300 cm³/mol. The molecule has 4 aromatic carbocycles. The van der Waals surface area contributed by atoms with Crippen LogP contribution in [0.15, 0.2) is 103 Å². The van der Waals surface area contributed by atoms with Crippen molar-refractivity contribution in [3.8, 4) is 11.5 Å². The summed E-state index contributed by atoms with van der Waals surface area (Å²) in [5.41, 5.74) is -2.21. The molecule has 14 rings (SSSR count). The third-order valence-electron chi connectivity index (χ3n) is 20.4. The fourth-order valence-electron chi connectivity index (χ4n) is 15.9. The summed E-state index contributed by atoms with van der Waals surface area (Å²) in [7, 11) is 1.67. The molecule has 4 amide bonds. The number of rotatable bonds is 9. The molecule has 20 heteroatoms. The molecule has 4 aliphatic heterocycles. The van der Waals surface area contributed by atoms with Crippen LogP contribution in [-0.2, 0) is 76.4 Å². The number of amides is 4. The molecule has 6 atom stereocenters. The molecule has 4 fully saturated rings. The quantitative estimate of drug-likeness (QED) is 0.0722. The van der Waals surface area contributed by atoms with Gasteiger partial charge >= 0.3 is 11.9 Å². The van der Waals surface area contributed by atoms with E-state index in [9.17, 15) is 24.0 Å². The largest absolute Gasteiger partial charge is 0.425 e. The van der Waals surface area contributed by atoms with Crippen molar-refractivity contribution in [2.24, 2.45) is 0 Å². The number of pyridine rings is 2. The number of nitrogens with one attached hydrogen (secondary N) is 3. The van der Waals surface area contributed by atoms with Crippen LogP contribution in [0.3, 0.4) is 0 Å². The van der Waals surface area contributed by atoms with E-state index in [1.165, 1.54) is 21.9 Å². The number of hydrogen-bond acceptors (Lipinski definition) is 12. The topological polar surface area (TPSA) is 192 Å². The van der Waals surface area contributed by atoms with Gasteiger partial charge in [-0.1, -0.05) is 37.1 Å². The second-order valence-electron chi connectivity index (χ2n) is 25.2. The Morgan fingerprint density at radius 1 is 0.624 bits per heavy atom. The summed E-state index contributed by atoms with van der Waals surface area (Å²) in [4.78, 5) is 98.6. The van der Waals surface area contributed by atoms with Crippen LogP contribution in [0, 0.1) is 23.3 Å². The number of piperazine rings is 2. The highest BCUT2D eigenvalue weighted by molar-refractivity contribution is 6.07. The van der Waals surface area contributed by atoms with Crippen LogP contribution in [0.2, 0.25) is 0 Å². The monoisotopic (exact) mass is 1160 g/mol. The van der Waals surface area contributed by atoms with Crippen LogP contribution in [0.1, 0.15) is 115 Å². The molecular weight excluding hydrogens is 1100 g/mol. The van der Waals surface area contributed by atoms with E-state index in [0.29, 0.717) is 56.2 Å². The maximum absolute atomic E-state index is 17.2. The Labute approximate surface area is 486 Å².